The van der Waals surface area contributed by atoms with Crippen molar-refractivity contribution in [3.63, 3.8) is 0 Å². The lowest BCUT2D eigenvalue weighted by Crippen LogP contribution is -2.66. The third-order valence-corrected chi connectivity index (χ3v) is 8.03. The molecule has 2 saturated heterocycles. The number of halogens is 3. The summed E-state index contributed by atoms with van der Waals surface area (Å²) in [5.41, 5.74) is -1.56. The fraction of sp³-hybridized carbons (Fsp3) is 0.400. The van der Waals surface area contributed by atoms with Gasteiger partial charge in [-0.05, 0) is 56.9 Å². The maximum Gasteiger partial charge on any atom is 0.417 e. The predicted molar refractivity (Wildman–Crippen MR) is 129 cm³/mol. The molecule has 1 aromatic heterocycles. The number of amides is 2. The number of thiazole rings is 1. The lowest BCUT2D eigenvalue weighted by molar-refractivity contribution is -0.317. The standard InChI is InChI=1S/C25H24F3N3O4S/c1-14-29-17-7-8-18(34-2)19(20(17)36-14)22(33)30-16-6-4-3-5-15(16)21(32)31-23-9-11-24(12-10-23,35-13-23)25(26,27)28/h3-8H,9-13H2,1-2H3,(H,30,33)(H,31,32). The smallest absolute Gasteiger partial charge is 0.417 e. The Morgan fingerprint density at radius 3 is 2.44 bits per heavy atom. The number of nitrogens with one attached hydrogen (secondary N) is 2. The van der Waals surface area contributed by atoms with E-state index in [1.165, 1.54) is 18.4 Å². The van der Waals surface area contributed by atoms with Crippen molar-refractivity contribution in [2.45, 2.75) is 49.9 Å². The third kappa shape index (κ3) is 4.09. The van der Waals surface area contributed by atoms with Crippen LogP contribution in [0.3, 0.4) is 0 Å². The largest absolute Gasteiger partial charge is 0.496 e. The maximum atomic E-state index is 13.5. The van der Waals surface area contributed by atoms with Crippen molar-refractivity contribution in [3.8, 4) is 5.75 Å². The van der Waals surface area contributed by atoms with Crippen LogP contribution >= 0.6 is 11.3 Å². The Bertz CT molecular complexity index is 1330. The number of ether oxygens (including phenoxy) is 2. The molecule has 36 heavy (non-hydrogen) atoms. The van der Waals surface area contributed by atoms with Gasteiger partial charge in [-0.15, -0.1) is 11.3 Å². The number of hydrogen-bond acceptors (Lipinski definition) is 6. The number of alkyl halides is 3. The van der Waals surface area contributed by atoms with Gasteiger partial charge in [0.25, 0.3) is 11.8 Å². The van der Waals surface area contributed by atoms with Gasteiger partial charge in [-0.3, -0.25) is 9.59 Å². The molecule has 3 heterocycles. The summed E-state index contributed by atoms with van der Waals surface area (Å²) >= 11 is 1.36. The van der Waals surface area contributed by atoms with Crippen LogP contribution in [0.5, 0.6) is 5.75 Å². The number of para-hydroxylation sites is 1. The number of aromatic nitrogens is 1. The second-order valence-electron chi connectivity index (χ2n) is 9.24. The van der Waals surface area contributed by atoms with Crippen LogP contribution in [-0.4, -0.2) is 47.8 Å². The van der Waals surface area contributed by atoms with Crippen LogP contribution in [0.4, 0.5) is 18.9 Å². The lowest BCUT2D eigenvalue weighted by atomic mass is 9.70. The third-order valence-electron chi connectivity index (χ3n) is 7.03. The molecule has 2 aromatic carbocycles. The number of benzene rings is 2. The van der Waals surface area contributed by atoms with Crippen LogP contribution in [0.25, 0.3) is 10.2 Å². The average molecular weight is 520 g/mol. The van der Waals surface area contributed by atoms with E-state index in [4.69, 9.17) is 9.47 Å². The molecule has 1 saturated carbocycles. The van der Waals surface area contributed by atoms with Crippen LogP contribution in [0.15, 0.2) is 36.4 Å². The first-order valence-electron chi connectivity index (χ1n) is 11.4. The summed E-state index contributed by atoms with van der Waals surface area (Å²) in [7, 11) is 1.47. The summed E-state index contributed by atoms with van der Waals surface area (Å²) in [6, 6.07) is 9.94. The SMILES string of the molecule is COc1ccc2nc(C)sc2c1C(=O)Nc1ccccc1C(=O)NC12CCC(C(F)(F)F)(CC1)OC2. The molecule has 7 nitrogen and oxygen atoms in total. The number of fused-ring (bicyclic) bond motifs is 4. The first kappa shape index (κ1) is 24.5. The van der Waals surface area contributed by atoms with Crippen LogP contribution in [0.2, 0.25) is 0 Å². The minimum Gasteiger partial charge on any atom is -0.496 e. The first-order chi connectivity index (χ1) is 17.1. The number of anilines is 1. The van der Waals surface area contributed by atoms with E-state index in [1.54, 1.807) is 36.4 Å². The van der Waals surface area contributed by atoms with Crippen LogP contribution in [0.1, 0.15) is 51.4 Å². The molecule has 3 aliphatic rings. The summed E-state index contributed by atoms with van der Waals surface area (Å²) < 4.78 is 51.8. The van der Waals surface area contributed by atoms with Crippen LogP contribution in [-0.2, 0) is 4.74 Å². The van der Waals surface area contributed by atoms with Gasteiger partial charge >= 0.3 is 6.18 Å². The highest BCUT2D eigenvalue weighted by Gasteiger charge is 2.63. The molecule has 2 aliphatic heterocycles. The molecule has 3 fully saturated rings. The number of nitrogens with zero attached hydrogens (tertiary/aromatic N) is 1. The molecule has 0 spiro atoms. The van der Waals surface area contributed by atoms with Crippen molar-refractivity contribution in [1.29, 1.82) is 0 Å². The zero-order valence-corrected chi connectivity index (χ0v) is 20.4. The van der Waals surface area contributed by atoms with E-state index in [2.05, 4.69) is 15.6 Å². The van der Waals surface area contributed by atoms with E-state index in [0.717, 1.165) is 5.01 Å². The fourth-order valence-corrected chi connectivity index (χ4v) is 5.93. The Morgan fingerprint density at radius 2 is 1.81 bits per heavy atom. The number of carbonyl (C=O) groups excluding carboxylic acids is 2. The minimum absolute atomic E-state index is 0.163. The maximum absolute atomic E-state index is 13.5. The molecule has 0 radical (unpaired) electrons. The average Bonchev–Trinajstić information content (AvgIpc) is 3.23. The molecule has 0 atom stereocenters. The van der Waals surface area contributed by atoms with Gasteiger partial charge in [0.2, 0.25) is 0 Å². The zero-order chi connectivity index (χ0) is 25.7. The predicted octanol–water partition coefficient (Wildman–Crippen LogP) is 5.24. The molecule has 1 aliphatic carbocycles. The second-order valence-corrected chi connectivity index (χ2v) is 10.4. The Kier molecular flexibility index (Phi) is 5.95. The number of aryl methyl sites for hydroxylation is 1. The number of carbonyl (C=O) groups is 2. The van der Waals surface area contributed by atoms with Gasteiger partial charge in [-0.25, -0.2) is 4.98 Å². The Balaban J connectivity index is 1.38. The highest BCUT2D eigenvalue weighted by atomic mass is 32.1. The molecular weight excluding hydrogens is 495 g/mol. The van der Waals surface area contributed by atoms with Gasteiger partial charge in [-0.2, -0.15) is 13.2 Å². The normalized spacial score (nSPS) is 23.5. The number of rotatable bonds is 5. The van der Waals surface area contributed by atoms with Crippen molar-refractivity contribution in [2.24, 2.45) is 0 Å². The van der Waals surface area contributed by atoms with Gasteiger partial charge in [0.1, 0.15) is 11.3 Å². The van der Waals surface area contributed by atoms with E-state index in [0.29, 0.717) is 21.5 Å². The monoisotopic (exact) mass is 519 g/mol. The van der Waals surface area contributed by atoms with Gasteiger partial charge in [0, 0.05) is 0 Å². The molecule has 0 unspecified atom stereocenters. The van der Waals surface area contributed by atoms with Crippen LogP contribution in [0, 0.1) is 6.92 Å². The fourth-order valence-electron chi connectivity index (χ4n) is 4.98. The van der Waals surface area contributed by atoms with Crippen molar-refractivity contribution < 1.29 is 32.2 Å². The molecule has 11 heteroatoms. The van der Waals surface area contributed by atoms with Gasteiger partial charge in [0.05, 0.1) is 45.7 Å². The molecule has 2 bridgehead atoms. The topological polar surface area (TPSA) is 89.5 Å². The molecule has 2 N–H and O–H groups in total. The quantitative estimate of drug-likeness (QED) is 0.481. The summed E-state index contributed by atoms with van der Waals surface area (Å²) in [4.78, 5) is 31.1. The highest BCUT2D eigenvalue weighted by molar-refractivity contribution is 7.19. The first-order valence-corrected chi connectivity index (χ1v) is 12.3. The molecule has 6 rings (SSSR count). The van der Waals surface area contributed by atoms with Crippen molar-refractivity contribution in [1.82, 2.24) is 10.3 Å². The summed E-state index contributed by atoms with van der Waals surface area (Å²) in [6.45, 7) is 1.63. The summed E-state index contributed by atoms with van der Waals surface area (Å²) in [5.74, 6) is -0.581. The van der Waals surface area contributed by atoms with E-state index in [9.17, 15) is 22.8 Å². The van der Waals surface area contributed by atoms with Crippen molar-refractivity contribution in [3.05, 3.63) is 52.5 Å². The van der Waals surface area contributed by atoms with Crippen LogP contribution < -0.4 is 15.4 Å². The van der Waals surface area contributed by atoms with Crippen molar-refractivity contribution >= 4 is 39.1 Å². The van der Waals surface area contributed by atoms with Crippen molar-refractivity contribution in [2.75, 3.05) is 19.0 Å². The highest BCUT2D eigenvalue weighted by Crippen LogP contribution is 2.51. The summed E-state index contributed by atoms with van der Waals surface area (Å²) in [5, 5.41) is 6.50. The van der Waals surface area contributed by atoms with Gasteiger partial charge in [0.15, 0.2) is 5.60 Å². The number of hydrogen-bond donors (Lipinski definition) is 2. The van der Waals surface area contributed by atoms with Gasteiger partial charge in [-0.1, -0.05) is 12.1 Å². The lowest BCUT2D eigenvalue weighted by Gasteiger charge is -2.53. The molecule has 190 valence electrons. The minimum atomic E-state index is -4.44. The number of methoxy groups -OCH3 is 1. The van der Waals surface area contributed by atoms with Gasteiger partial charge < -0.3 is 20.1 Å². The zero-order valence-electron chi connectivity index (χ0n) is 19.6. The van der Waals surface area contributed by atoms with E-state index in [1.807, 2.05) is 6.92 Å². The summed E-state index contributed by atoms with van der Waals surface area (Å²) in [6.07, 6.45) is -4.52. The molecule has 3 aromatic rings. The second kappa shape index (κ2) is 8.74. The Morgan fingerprint density at radius 1 is 1.08 bits per heavy atom. The molecular formula is C25H24F3N3O4S. The molecule has 2 amide bonds. The van der Waals surface area contributed by atoms with E-state index in [-0.39, 0.29) is 43.5 Å². The van der Waals surface area contributed by atoms with E-state index < -0.39 is 29.1 Å². The Labute approximate surface area is 209 Å². The van der Waals surface area contributed by atoms with E-state index >= 15 is 0 Å². The Hall–Kier alpha value is -3.18.